The fourth-order valence-electron chi connectivity index (χ4n) is 7.83. The van der Waals surface area contributed by atoms with E-state index in [-0.39, 0.29) is 0 Å². The molecule has 0 fully saturated rings. The Hall–Kier alpha value is -7.42. The van der Waals surface area contributed by atoms with E-state index in [1.165, 1.54) is 55.3 Å². The molecule has 2 nitrogen and oxygen atoms in total. The Bertz CT molecular complexity index is 3020. The van der Waals surface area contributed by atoms with Gasteiger partial charge in [0.05, 0.1) is 11.2 Å². The molecule has 0 spiro atoms. The summed E-state index contributed by atoms with van der Waals surface area (Å²) in [4.78, 5) is 10.5. The molecule has 0 bridgehead atoms. The zero-order valence-corrected chi connectivity index (χ0v) is 30.7. The van der Waals surface area contributed by atoms with E-state index in [4.69, 9.17) is 9.97 Å². The highest BCUT2D eigenvalue weighted by Gasteiger charge is 2.15. The molecular weight excluding hydrogens is 677 g/mol. The molecule has 56 heavy (non-hydrogen) atoms. The number of rotatable bonds is 7. The van der Waals surface area contributed by atoms with E-state index in [2.05, 4.69) is 218 Å². The molecule has 1 aromatic heterocycles. The second kappa shape index (κ2) is 14.4. The Morgan fingerprint density at radius 3 is 1.27 bits per heavy atom. The maximum absolute atomic E-state index is 5.34. The Labute approximate surface area is 327 Å². The number of aromatic nitrogens is 2. The molecule has 10 aromatic rings. The zero-order valence-electron chi connectivity index (χ0n) is 30.7. The number of hydrogen-bond donors (Lipinski definition) is 0. The van der Waals surface area contributed by atoms with Crippen molar-refractivity contribution in [3.63, 3.8) is 0 Å². The lowest BCUT2D eigenvalue weighted by Crippen LogP contribution is -1.96. The van der Waals surface area contributed by atoms with Gasteiger partial charge in [-0.25, -0.2) is 9.97 Å². The molecule has 0 amide bonds. The SMILES string of the molecule is c1ccc(-c2cccc(-c3cccc(-c4cccc(-c5cccc(-c6nc(-c7cc(-c8ccccc8)c8ccccc8c7)c7ccccc7n6)c5)c4)c3)c2)cc1. The summed E-state index contributed by atoms with van der Waals surface area (Å²) in [5.74, 6) is 0.705. The molecule has 262 valence electrons. The summed E-state index contributed by atoms with van der Waals surface area (Å²) < 4.78 is 0. The Morgan fingerprint density at radius 1 is 0.250 bits per heavy atom. The highest BCUT2D eigenvalue weighted by atomic mass is 14.9. The van der Waals surface area contributed by atoms with Crippen LogP contribution in [0.25, 0.3) is 100.0 Å². The van der Waals surface area contributed by atoms with Crippen molar-refractivity contribution in [3.05, 3.63) is 218 Å². The van der Waals surface area contributed by atoms with E-state index in [9.17, 15) is 0 Å². The van der Waals surface area contributed by atoms with E-state index < -0.39 is 0 Å². The largest absolute Gasteiger partial charge is 0.228 e. The normalized spacial score (nSPS) is 11.2. The van der Waals surface area contributed by atoms with Crippen LogP contribution < -0.4 is 0 Å². The summed E-state index contributed by atoms with van der Waals surface area (Å²) in [6.07, 6.45) is 0. The maximum Gasteiger partial charge on any atom is 0.160 e. The first-order chi connectivity index (χ1) is 27.7. The lowest BCUT2D eigenvalue weighted by atomic mass is 9.93. The van der Waals surface area contributed by atoms with Crippen LogP contribution in [0.5, 0.6) is 0 Å². The molecule has 0 N–H and O–H groups in total. The third-order valence-electron chi connectivity index (χ3n) is 10.6. The van der Waals surface area contributed by atoms with Gasteiger partial charge >= 0.3 is 0 Å². The second-order valence-corrected chi connectivity index (χ2v) is 14.2. The van der Waals surface area contributed by atoms with Crippen LogP contribution in [0.2, 0.25) is 0 Å². The van der Waals surface area contributed by atoms with Gasteiger partial charge in [0, 0.05) is 16.5 Å². The number of hydrogen-bond acceptors (Lipinski definition) is 2. The van der Waals surface area contributed by atoms with Crippen LogP contribution in [-0.2, 0) is 0 Å². The lowest BCUT2D eigenvalue weighted by Gasteiger charge is -2.14. The first kappa shape index (κ1) is 33.2. The van der Waals surface area contributed by atoms with E-state index in [0.717, 1.165) is 38.9 Å². The van der Waals surface area contributed by atoms with Gasteiger partial charge in [-0.2, -0.15) is 0 Å². The average Bonchev–Trinajstić information content (AvgIpc) is 3.29. The van der Waals surface area contributed by atoms with Gasteiger partial charge in [-0.15, -0.1) is 0 Å². The van der Waals surface area contributed by atoms with Crippen LogP contribution in [0, 0.1) is 0 Å². The van der Waals surface area contributed by atoms with Crippen LogP contribution in [0.1, 0.15) is 0 Å². The van der Waals surface area contributed by atoms with Crippen LogP contribution in [0.4, 0.5) is 0 Å². The minimum absolute atomic E-state index is 0.705. The third-order valence-corrected chi connectivity index (χ3v) is 10.6. The van der Waals surface area contributed by atoms with Crippen LogP contribution in [0.3, 0.4) is 0 Å². The number of nitrogens with zero attached hydrogens (tertiary/aromatic N) is 2. The average molecular weight is 713 g/mol. The fourth-order valence-corrected chi connectivity index (χ4v) is 7.83. The van der Waals surface area contributed by atoms with E-state index >= 15 is 0 Å². The third kappa shape index (κ3) is 6.44. The summed E-state index contributed by atoms with van der Waals surface area (Å²) >= 11 is 0. The minimum Gasteiger partial charge on any atom is -0.228 e. The molecule has 1 heterocycles. The van der Waals surface area contributed by atoms with Gasteiger partial charge in [0.2, 0.25) is 0 Å². The Kier molecular flexibility index (Phi) is 8.55. The number of fused-ring (bicyclic) bond motifs is 2. The first-order valence-corrected chi connectivity index (χ1v) is 19.1. The molecule has 10 rings (SSSR count). The Balaban J connectivity index is 1.02. The molecule has 0 aliphatic rings. The molecule has 2 heteroatoms. The standard InChI is InChI=1S/C54H36N2/c1-3-15-37(16-4-1)39-20-11-21-40(31-39)41-22-12-23-42(32-41)43-24-13-25-44(33-43)45-26-14-27-47(34-45)54-55-52-30-10-9-29-50(52)53(56-54)48-35-46-19-7-8-28-49(46)51(36-48)38-17-5-2-6-18-38/h1-36H. The van der Waals surface area contributed by atoms with Gasteiger partial charge < -0.3 is 0 Å². The van der Waals surface area contributed by atoms with Gasteiger partial charge in [-0.3, -0.25) is 0 Å². The van der Waals surface area contributed by atoms with Crippen molar-refractivity contribution in [1.82, 2.24) is 9.97 Å². The molecule has 0 radical (unpaired) electrons. The van der Waals surface area contributed by atoms with Gasteiger partial charge in [0.1, 0.15) is 0 Å². The highest BCUT2D eigenvalue weighted by Crippen LogP contribution is 2.38. The van der Waals surface area contributed by atoms with Crippen molar-refractivity contribution >= 4 is 21.7 Å². The molecule has 9 aromatic carbocycles. The van der Waals surface area contributed by atoms with Crippen molar-refractivity contribution in [2.24, 2.45) is 0 Å². The zero-order chi connectivity index (χ0) is 37.3. The van der Waals surface area contributed by atoms with Crippen molar-refractivity contribution < 1.29 is 0 Å². The summed E-state index contributed by atoms with van der Waals surface area (Å²) in [7, 11) is 0. The molecular formula is C54H36N2. The van der Waals surface area contributed by atoms with E-state index in [1.54, 1.807) is 0 Å². The minimum atomic E-state index is 0.705. The monoisotopic (exact) mass is 712 g/mol. The van der Waals surface area contributed by atoms with Crippen LogP contribution >= 0.6 is 0 Å². The lowest BCUT2D eigenvalue weighted by molar-refractivity contribution is 1.23. The fraction of sp³-hybridized carbons (Fsp3) is 0. The topological polar surface area (TPSA) is 25.8 Å². The quantitative estimate of drug-likeness (QED) is 0.164. The summed E-state index contributed by atoms with van der Waals surface area (Å²) in [6.45, 7) is 0. The van der Waals surface area contributed by atoms with Crippen molar-refractivity contribution in [1.29, 1.82) is 0 Å². The number of benzene rings is 9. The molecule has 0 saturated carbocycles. The summed E-state index contributed by atoms with van der Waals surface area (Å²) in [5.41, 5.74) is 15.7. The first-order valence-electron chi connectivity index (χ1n) is 19.1. The Morgan fingerprint density at radius 2 is 0.679 bits per heavy atom. The smallest absolute Gasteiger partial charge is 0.160 e. The molecule has 0 unspecified atom stereocenters. The molecule has 0 saturated heterocycles. The highest BCUT2D eigenvalue weighted by molar-refractivity contribution is 6.03. The molecule has 0 aliphatic heterocycles. The van der Waals surface area contributed by atoms with Crippen molar-refractivity contribution in [3.8, 4) is 78.3 Å². The van der Waals surface area contributed by atoms with E-state index in [0.29, 0.717) is 5.82 Å². The van der Waals surface area contributed by atoms with Crippen molar-refractivity contribution in [2.45, 2.75) is 0 Å². The summed E-state index contributed by atoms with van der Waals surface area (Å²) in [6, 6.07) is 77.7. The molecule has 0 aliphatic carbocycles. The van der Waals surface area contributed by atoms with Gasteiger partial charge in [0.15, 0.2) is 5.82 Å². The van der Waals surface area contributed by atoms with E-state index in [1.807, 2.05) is 0 Å². The maximum atomic E-state index is 5.34. The molecule has 0 atom stereocenters. The number of para-hydroxylation sites is 1. The van der Waals surface area contributed by atoms with Gasteiger partial charge in [0.25, 0.3) is 0 Å². The van der Waals surface area contributed by atoms with Gasteiger partial charge in [-0.1, -0.05) is 176 Å². The predicted octanol–water partition coefficient (Wildman–Crippen LogP) is 14.5. The van der Waals surface area contributed by atoms with Crippen LogP contribution in [0.15, 0.2) is 218 Å². The second-order valence-electron chi connectivity index (χ2n) is 14.2. The van der Waals surface area contributed by atoms with Crippen LogP contribution in [-0.4, -0.2) is 9.97 Å². The van der Waals surface area contributed by atoms with Crippen molar-refractivity contribution in [2.75, 3.05) is 0 Å². The van der Waals surface area contributed by atoms with Gasteiger partial charge in [-0.05, 0) is 109 Å². The summed E-state index contributed by atoms with van der Waals surface area (Å²) in [5, 5.41) is 3.43. The predicted molar refractivity (Wildman–Crippen MR) is 235 cm³/mol.